The molecule has 4 nitrogen and oxygen atoms in total. The van der Waals surface area contributed by atoms with Gasteiger partial charge in [0.25, 0.3) is 0 Å². The Morgan fingerprint density at radius 3 is 2.94 bits per heavy atom. The first kappa shape index (κ1) is 12.1. The van der Waals surface area contributed by atoms with Crippen molar-refractivity contribution in [3.05, 3.63) is 35.4 Å². The Kier molecular flexibility index (Phi) is 3.76. The van der Waals surface area contributed by atoms with Crippen molar-refractivity contribution < 1.29 is 14.6 Å². The van der Waals surface area contributed by atoms with Crippen LogP contribution in [0.5, 0.6) is 0 Å². The van der Waals surface area contributed by atoms with Gasteiger partial charge in [0, 0.05) is 19.6 Å². The van der Waals surface area contributed by atoms with Crippen molar-refractivity contribution in [1.82, 2.24) is 4.90 Å². The zero-order chi connectivity index (χ0) is 12.3. The number of rotatable bonds is 4. The molecule has 92 valence electrons. The molecule has 0 aromatic heterocycles. The van der Waals surface area contributed by atoms with Gasteiger partial charge in [-0.05, 0) is 11.1 Å². The summed E-state index contributed by atoms with van der Waals surface area (Å²) in [6.45, 7) is 1.05. The fourth-order valence-electron chi connectivity index (χ4n) is 2.51. The summed E-state index contributed by atoms with van der Waals surface area (Å²) in [6.07, 6.45) is 0.836. The van der Waals surface area contributed by atoms with Crippen molar-refractivity contribution in [3.63, 3.8) is 0 Å². The van der Waals surface area contributed by atoms with Crippen LogP contribution in [0.25, 0.3) is 0 Å². The van der Waals surface area contributed by atoms with Crippen LogP contribution in [-0.2, 0) is 16.1 Å². The fourth-order valence-corrected chi connectivity index (χ4v) is 2.51. The quantitative estimate of drug-likeness (QED) is 0.783. The molecule has 1 aromatic carbocycles. The molecule has 2 rings (SSSR count). The lowest BCUT2D eigenvalue weighted by atomic mass is 9.84. The minimum absolute atomic E-state index is 0.0232. The van der Waals surface area contributed by atoms with Crippen LogP contribution in [0.1, 0.15) is 17.0 Å². The molecule has 1 aromatic rings. The molecule has 1 N–H and O–H groups in total. The number of fused-ring (bicyclic) bond motifs is 1. The largest absolute Gasteiger partial charge is 0.396 e. The fraction of sp³-hybridized carbons (Fsp3) is 0.462. The molecule has 1 amide bonds. The Bertz CT molecular complexity index is 394. The van der Waals surface area contributed by atoms with E-state index in [4.69, 9.17) is 4.74 Å². The van der Waals surface area contributed by atoms with Gasteiger partial charge < -0.3 is 14.7 Å². The van der Waals surface area contributed by atoms with Crippen molar-refractivity contribution in [2.75, 3.05) is 20.3 Å². The second kappa shape index (κ2) is 5.29. The van der Waals surface area contributed by atoms with E-state index < -0.39 is 0 Å². The second-order valence-electron chi connectivity index (χ2n) is 4.29. The topological polar surface area (TPSA) is 49.8 Å². The normalized spacial score (nSPS) is 23.3. The third-order valence-electron chi connectivity index (χ3n) is 3.37. The van der Waals surface area contributed by atoms with Gasteiger partial charge in [0.1, 0.15) is 0 Å². The highest BCUT2D eigenvalue weighted by molar-refractivity contribution is 5.51. The molecule has 1 heterocycles. The molecule has 1 aliphatic heterocycles. The maximum atomic E-state index is 11.1. The molecule has 4 heteroatoms. The predicted octanol–water partition coefficient (Wildman–Crippen LogP) is 0.750. The predicted molar refractivity (Wildman–Crippen MR) is 63.5 cm³/mol. The molecule has 0 bridgehead atoms. The van der Waals surface area contributed by atoms with E-state index in [1.807, 2.05) is 24.3 Å². The van der Waals surface area contributed by atoms with Crippen LogP contribution in [-0.4, -0.2) is 42.8 Å². The summed E-state index contributed by atoms with van der Waals surface area (Å²) in [5, 5.41) is 9.55. The summed E-state index contributed by atoms with van der Waals surface area (Å²) in [6, 6.07) is 7.84. The maximum Gasteiger partial charge on any atom is 0.210 e. The number of nitrogens with zero attached hydrogens (tertiary/aromatic N) is 1. The van der Waals surface area contributed by atoms with Gasteiger partial charge in [-0.2, -0.15) is 0 Å². The highest BCUT2D eigenvalue weighted by atomic mass is 16.5. The van der Waals surface area contributed by atoms with Crippen LogP contribution in [0.15, 0.2) is 24.3 Å². The Hall–Kier alpha value is -1.39. The number of ether oxygens (including phenoxy) is 1. The lowest BCUT2D eigenvalue weighted by molar-refractivity contribution is -0.123. The lowest BCUT2D eigenvalue weighted by Crippen LogP contribution is -2.46. The summed E-state index contributed by atoms with van der Waals surface area (Å²) in [4.78, 5) is 12.8. The van der Waals surface area contributed by atoms with Crippen LogP contribution < -0.4 is 0 Å². The smallest absolute Gasteiger partial charge is 0.210 e. The molecule has 2 atom stereocenters. The summed E-state index contributed by atoms with van der Waals surface area (Å²) >= 11 is 0. The molecule has 0 saturated heterocycles. The van der Waals surface area contributed by atoms with Crippen LogP contribution >= 0.6 is 0 Å². The highest BCUT2D eigenvalue weighted by Crippen LogP contribution is 2.32. The average Bonchev–Trinajstić information content (AvgIpc) is 2.38. The average molecular weight is 235 g/mol. The molecular formula is C13H17NO3. The SMILES string of the molecule is COCC1C(CO)c2ccccc2CN1C=O. The Morgan fingerprint density at radius 1 is 1.53 bits per heavy atom. The van der Waals surface area contributed by atoms with Gasteiger partial charge in [0.05, 0.1) is 19.3 Å². The number of carbonyl (C=O) groups excluding carboxylic acids is 1. The molecule has 0 fully saturated rings. The summed E-state index contributed by atoms with van der Waals surface area (Å²) in [7, 11) is 1.61. The van der Waals surface area contributed by atoms with E-state index in [-0.39, 0.29) is 18.6 Å². The van der Waals surface area contributed by atoms with Gasteiger partial charge in [-0.25, -0.2) is 0 Å². The van der Waals surface area contributed by atoms with E-state index in [0.29, 0.717) is 13.2 Å². The number of methoxy groups -OCH3 is 1. The number of carbonyl (C=O) groups is 1. The molecular weight excluding hydrogens is 218 g/mol. The monoisotopic (exact) mass is 235 g/mol. The van der Waals surface area contributed by atoms with Crippen LogP contribution in [0.4, 0.5) is 0 Å². The summed E-state index contributed by atoms with van der Waals surface area (Å²) in [5.41, 5.74) is 2.22. The number of hydrogen-bond acceptors (Lipinski definition) is 3. The molecule has 17 heavy (non-hydrogen) atoms. The van der Waals surface area contributed by atoms with E-state index >= 15 is 0 Å². The Labute approximate surface area is 101 Å². The standard InChI is InChI=1S/C13H17NO3/c1-17-8-13-12(7-15)11-5-3-2-4-10(11)6-14(13)9-16/h2-5,9,12-13,15H,6-8H2,1H3. The molecule has 0 saturated carbocycles. The highest BCUT2D eigenvalue weighted by Gasteiger charge is 2.33. The van der Waals surface area contributed by atoms with Crippen molar-refractivity contribution >= 4 is 6.41 Å². The Morgan fingerprint density at radius 2 is 2.29 bits per heavy atom. The van der Waals surface area contributed by atoms with Crippen LogP contribution in [0.3, 0.4) is 0 Å². The van der Waals surface area contributed by atoms with Crippen molar-refractivity contribution in [1.29, 1.82) is 0 Å². The van der Waals surface area contributed by atoms with E-state index in [1.165, 1.54) is 0 Å². The number of amides is 1. The molecule has 0 aliphatic carbocycles. The third-order valence-corrected chi connectivity index (χ3v) is 3.37. The lowest BCUT2D eigenvalue weighted by Gasteiger charge is -2.39. The van der Waals surface area contributed by atoms with Gasteiger partial charge in [0.2, 0.25) is 6.41 Å². The number of benzene rings is 1. The Balaban J connectivity index is 2.38. The zero-order valence-corrected chi connectivity index (χ0v) is 9.87. The molecule has 0 radical (unpaired) electrons. The molecule has 0 spiro atoms. The summed E-state index contributed by atoms with van der Waals surface area (Å²) < 4.78 is 5.15. The van der Waals surface area contributed by atoms with E-state index in [1.54, 1.807) is 12.0 Å². The minimum atomic E-state index is -0.0857. The van der Waals surface area contributed by atoms with Gasteiger partial charge in [-0.3, -0.25) is 4.79 Å². The van der Waals surface area contributed by atoms with Gasteiger partial charge >= 0.3 is 0 Å². The van der Waals surface area contributed by atoms with E-state index in [2.05, 4.69) is 0 Å². The first-order valence-corrected chi connectivity index (χ1v) is 5.70. The number of hydrogen-bond donors (Lipinski definition) is 1. The van der Waals surface area contributed by atoms with Crippen molar-refractivity contribution in [3.8, 4) is 0 Å². The van der Waals surface area contributed by atoms with Crippen LogP contribution in [0.2, 0.25) is 0 Å². The van der Waals surface area contributed by atoms with E-state index in [0.717, 1.165) is 17.5 Å². The van der Waals surface area contributed by atoms with Crippen LogP contribution in [0, 0.1) is 0 Å². The van der Waals surface area contributed by atoms with Crippen molar-refractivity contribution in [2.45, 2.75) is 18.5 Å². The maximum absolute atomic E-state index is 11.1. The summed E-state index contributed by atoms with van der Waals surface area (Å²) in [5.74, 6) is -0.0647. The number of aliphatic hydroxyl groups excluding tert-OH is 1. The van der Waals surface area contributed by atoms with E-state index in [9.17, 15) is 9.90 Å². The molecule has 2 unspecified atom stereocenters. The number of aliphatic hydroxyl groups is 1. The minimum Gasteiger partial charge on any atom is -0.396 e. The van der Waals surface area contributed by atoms with Gasteiger partial charge in [0.15, 0.2) is 0 Å². The van der Waals surface area contributed by atoms with Gasteiger partial charge in [-0.15, -0.1) is 0 Å². The third kappa shape index (κ3) is 2.18. The molecule has 1 aliphatic rings. The van der Waals surface area contributed by atoms with Crippen molar-refractivity contribution in [2.24, 2.45) is 0 Å². The van der Waals surface area contributed by atoms with Gasteiger partial charge in [-0.1, -0.05) is 24.3 Å². The first-order valence-electron chi connectivity index (χ1n) is 5.70. The first-order chi connectivity index (χ1) is 8.31. The second-order valence-corrected chi connectivity index (χ2v) is 4.29. The zero-order valence-electron chi connectivity index (χ0n) is 9.87.